The summed E-state index contributed by atoms with van der Waals surface area (Å²) in [6.45, 7) is 2.13. The predicted octanol–water partition coefficient (Wildman–Crippen LogP) is 3.53. The summed E-state index contributed by atoms with van der Waals surface area (Å²) in [7, 11) is 1.67. The molecule has 98 valence electrons. The van der Waals surface area contributed by atoms with Gasteiger partial charge in [0, 0.05) is 12.0 Å². The highest BCUT2D eigenvalue weighted by Gasteiger charge is 2.05. The zero-order valence-corrected chi connectivity index (χ0v) is 11.0. The van der Waals surface area contributed by atoms with E-state index in [0.717, 1.165) is 24.2 Å². The van der Waals surface area contributed by atoms with E-state index in [2.05, 4.69) is 6.92 Å². The van der Waals surface area contributed by atoms with Gasteiger partial charge in [-0.3, -0.25) is 4.79 Å². The largest absolute Gasteiger partial charge is 0.496 e. The first-order valence-electron chi connectivity index (χ1n) is 6.23. The zero-order chi connectivity index (χ0) is 13.4. The first-order chi connectivity index (χ1) is 8.69. The molecule has 0 unspecified atom stereocenters. The normalized spacial score (nSPS) is 10.8. The van der Waals surface area contributed by atoms with Crippen molar-refractivity contribution in [2.75, 3.05) is 7.11 Å². The van der Waals surface area contributed by atoms with E-state index in [1.54, 1.807) is 7.11 Å². The van der Waals surface area contributed by atoms with Gasteiger partial charge in [0.05, 0.1) is 7.11 Å². The van der Waals surface area contributed by atoms with Crippen LogP contribution in [0.15, 0.2) is 24.3 Å². The molecule has 0 bridgehead atoms. The highest BCUT2D eigenvalue weighted by Crippen LogP contribution is 2.25. The number of carboxylic acids is 1. The van der Waals surface area contributed by atoms with Crippen LogP contribution in [-0.2, 0) is 11.2 Å². The quantitative estimate of drug-likeness (QED) is 0.803. The first-order valence-corrected chi connectivity index (χ1v) is 6.23. The van der Waals surface area contributed by atoms with Gasteiger partial charge >= 0.3 is 5.97 Å². The Morgan fingerprint density at radius 2 is 2.22 bits per heavy atom. The average Bonchev–Trinajstić information content (AvgIpc) is 2.36. The molecule has 0 spiro atoms. The molecule has 1 aromatic rings. The van der Waals surface area contributed by atoms with Crippen molar-refractivity contribution in [3.8, 4) is 5.75 Å². The molecule has 0 saturated carbocycles. The highest BCUT2D eigenvalue weighted by atomic mass is 16.5. The van der Waals surface area contributed by atoms with Gasteiger partial charge < -0.3 is 9.84 Å². The van der Waals surface area contributed by atoms with Crippen LogP contribution in [0.1, 0.15) is 37.3 Å². The van der Waals surface area contributed by atoms with E-state index in [4.69, 9.17) is 9.84 Å². The van der Waals surface area contributed by atoms with Gasteiger partial charge in [-0.2, -0.15) is 0 Å². The summed E-state index contributed by atoms with van der Waals surface area (Å²) < 4.78 is 5.36. The molecular weight excluding hydrogens is 228 g/mol. The van der Waals surface area contributed by atoms with E-state index in [9.17, 15) is 4.79 Å². The lowest BCUT2D eigenvalue weighted by molar-refractivity contribution is -0.136. The Labute approximate surface area is 108 Å². The number of rotatable bonds is 7. The van der Waals surface area contributed by atoms with E-state index in [-0.39, 0.29) is 6.42 Å². The third kappa shape index (κ3) is 4.24. The second-order valence-electron chi connectivity index (χ2n) is 4.11. The third-order valence-corrected chi connectivity index (χ3v) is 2.71. The lowest BCUT2D eigenvalue weighted by Crippen LogP contribution is -1.95. The van der Waals surface area contributed by atoms with Crippen LogP contribution in [0.5, 0.6) is 5.75 Å². The molecule has 0 aliphatic carbocycles. The number of benzene rings is 1. The Morgan fingerprint density at radius 3 is 2.83 bits per heavy atom. The molecule has 0 amide bonds. The number of hydrogen-bond acceptors (Lipinski definition) is 2. The summed E-state index contributed by atoms with van der Waals surface area (Å²) in [4.78, 5) is 10.4. The van der Waals surface area contributed by atoms with Crippen molar-refractivity contribution in [3.05, 3.63) is 35.4 Å². The fourth-order valence-corrected chi connectivity index (χ4v) is 1.86. The van der Waals surface area contributed by atoms with Gasteiger partial charge in [0.1, 0.15) is 5.75 Å². The lowest BCUT2D eigenvalue weighted by atomic mass is 10.0. The molecule has 0 heterocycles. The number of carboxylic acid groups (broad SMARTS) is 1. The number of aliphatic carboxylic acids is 1. The summed E-state index contributed by atoms with van der Waals surface area (Å²) in [5, 5.41) is 8.58. The SMILES string of the molecule is CCCc1c(/C=C/CCC(=O)O)cccc1OC. The summed E-state index contributed by atoms with van der Waals surface area (Å²) in [6.07, 6.45) is 6.62. The smallest absolute Gasteiger partial charge is 0.303 e. The summed E-state index contributed by atoms with van der Waals surface area (Å²) >= 11 is 0. The van der Waals surface area contributed by atoms with Crippen molar-refractivity contribution in [2.24, 2.45) is 0 Å². The van der Waals surface area contributed by atoms with E-state index in [1.807, 2.05) is 30.4 Å². The first kappa shape index (κ1) is 14.3. The number of allylic oxidation sites excluding steroid dienone is 1. The Bertz CT molecular complexity index is 422. The van der Waals surface area contributed by atoms with E-state index >= 15 is 0 Å². The van der Waals surface area contributed by atoms with Gasteiger partial charge in [0.15, 0.2) is 0 Å². The average molecular weight is 248 g/mol. The summed E-state index contributed by atoms with van der Waals surface area (Å²) in [6, 6.07) is 5.94. The van der Waals surface area contributed by atoms with Crippen molar-refractivity contribution >= 4 is 12.0 Å². The fraction of sp³-hybridized carbons (Fsp3) is 0.400. The van der Waals surface area contributed by atoms with Crippen molar-refractivity contribution < 1.29 is 14.6 Å². The second-order valence-corrected chi connectivity index (χ2v) is 4.11. The molecule has 3 nitrogen and oxygen atoms in total. The molecule has 0 radical (unpaired) electrons. The minimum atomic E-state index is -0.765. The number of methoxy groups -OCH3 is 1. The summed E-state index contributed by atoms with van der Waals surface area (Å²) in [5.41, 5.74) is 2.30. The van der Waals surface area contributed by atoms with Crippen LogP contribution in [0, 0.1) is 0 Å². The van der Waals surface area contributed by atoms with Gasteiger partial charge in [0.25, 0.3) is 0 Å². The van der Waals surface area contributed by atoms with Gasteiger partial charge in [0.2, 0.25) is 0 Å². The van der Waals surface area contributed by atoms with Gasteiger partial charge in [-0.05, 0) is 24.5 Å². The van der Waals surface area contributed by atoms with E-state index in [1.165, 1.54) is 5.56 Å². The number of carbonyl (C=O) groups is 1. The molecule has 3 heteroatoms. The lowest BCUT2D eigenvalue weighted by Gasteiger charge is -2.10. The van der Waals surface area contributed by atoms with Crippen LogP contribution >= 0.6 is 0 Å². The Kier molecular flexibility index (Phi) is 5.98. The molecule has 0 aliphatic rings. The molecule has 0 aromatic heterocycles. The summed E-state index contributed by atoms with van der Waals surface area (Å²) in [5.74, 6) is 0.135. The Balaban J connectivity index is 2.83. The molecule has 0 saturated heterocycles. The number of hydrogen-bond donors (Lipinski definition) is 1. The molecule has 0 atom stereocenters. The van der Waals surface area contributed by atoms with Crippen molar-refractivity contribution in [2.45, 2.75) is 32.6 Å². The van der Waals surface area contributed by atoms with Crippen LogP contribution in [0.2, 0.25) is 0 Å². The molecule has 0 fully saturated rings. The molecule has 18 heavy (non-hydrogen) atoms. The minimum absolute atomic E-state index is 0.170. The zero-order valence-electron chi connectivity index (χ0n) is 11.0. The third-order valence-electron chi connectivity index (χ3n) is 2.71. The van der Waals surface area contributed by atoms with Crippen LogP contribution < -0.4 is 4.74 Å². The predicted molar refractivity (Wildman–Crippen MR) is 72.9 cm³/mol. The Morgan fingerprint density at radius 1 is 1.44 bits per heavy atom. The molecule has 0 aliphatic heterocycles. The molecular formula is C15H20O3. The van der Waals surface area contributed by atoms with Crippen LogP contribution in [0.25, 0.3) is 6.08 Å². The second kappa shape index (κ2) is 7.54. The van der Waals surface area contributed by atoms with Crippen LogP contribution in [0.4, 0.5) is 0 Å². The maximum absolute atomic E-state index is 10.4. The molecule has 1 N–H and O–H groups in total. The topological polar surface area (TPSA) is 46.5 Å². The van der Waals surface area contributed by atoms with Crippen molar-refractivity contribution in [1.29, 1.82) is 0 Å². The highest BCUT2D eigenvalue weighted by molar-refractivity contribution is 5.67. The van der Waals surface area contributed by atoms with Crippen molar-refractivity contribution in [3.63, 3.8) is 0 Å². The van der Waals surface area contributed by atoms with Gasteiger partial charge in [-0.25, -0.2) is 0 Å². The molecule has 1 aromatic carbocycles. The van der Waals surface area contributed by atoms with Crippen LogP contribution in [0.3, 0.4) is 0 Å². The minimum Gasteiger partial charge on any atom is -0.496 e. The van der Waals surface area contributed by atoms with E-state index in [0.29, 0.717) is 6.42 Å². The maximum Gasteiger partial charge on any atom is 0.303 e. The monoisotopic (exact) mass is 248 g/mol. The van der Waals surface area contributed by atoms with E-state index < -0.39 is 5.97 Å². The van der Waals surface area contributed by atoms with Gasteiger partial charge in [-0.15, -0.1) is 0 Å². The fourth-order valence-electron chi connectivity index (χ4n) is 1.86. The van der Waals surface area contributed by atoms with Crippen LogP contribution in [-0.4, -0.2) is 18.2 Å². The maximum atomic E-state index is 10.4. The number of ether oxygens (including phenoxy) is 1. The van der Waals surface area contributed by atoms with Gasteiger partial charge in [-0.1, -0.05) is 37.6 Å². The van der Waals surface area contributed by atoms with Crippen molar-refractivity contribution in [1.82, 2.24) is 0 Å². The standard InChI is InChI=1S/C15H20O3/c1-3-7-13-12(8-4-5-11-15(16)17)9-6-10-14(13)18-2/h4,6,8-10H,3,5,7,11H2,1-2H3,(H,16,17)/b8-4+. The Hall–Kier alpha value is -1.77. The molecule has 1 rings (SSSR count).